The topological polar surface area (TPSA) is 67.0 Å². The lowest BCUT2D eigenvalue weighted by Crippen LogP contribution is -2.35. The Kier molecular flexibility index (Phi) is 6.19. The molecule has 3 rings (SSSR count). The van der Waals surface area contributed by atoms with Crippen LogP contribution in [0, 0.1) is 5.82 Å². The number of hydrogen-bond donors (Lipinski definition) is 2. The molecule has 0 saturated heterocycles. The highest BCUT2D eigenvalue weighted by Gasteiger charge is 2.15. The second-order valence-corrected chi connectivity index (χ2v) is 6.66. The first-order valence-corrected chi connectivity index (χ1v) is 9.08. The maximum absolute atomic E-state index is 13.8. The fraction of sp³-hybridized carbons (Fsp3) is 0.333. The van der Waals surface area contributed by atoms with Crippen LogP contribution in [0.25, 0.3) is 22.3 Å². The highest BCUT2D eigenvalue weighted by molar-refractivity contribution is 5.90. The number of pyridine rings is 1. The van der Waals surface area contributed by atoms with Crippen molar-refractivity contribution in [2.45, 2.75) is 32.2 Å². The molecule has 0 bridgehead atoms. The number of nitrogens with zero attached hydrogens (tertiary/aromatic N) is 1. The smallest absolute Gasteiger partial charge is 0.220 e. The first kappa shape index (κ1) is 19.0. The van der Waals surface area contributed by atoms with Crippen molar-refractivity contribution in [1.29, 1.82) is 0 Å². The molecule has 1 aromatic carbocycles. The normalized spacial score (nSPS) is 12.3. The van der Waals surface area contributed by atoms with Crippen LogP contribution in [0.4, 0.5) is 4.39 Å². The number of fused-ring (bicyclic) bond motifs is 1. The van der Waals surface area contributed by atoms with Crippen molar-refractivity contribution >= 4 is 16.8 Å². The number of aryl methyl sites for hydroxylation is 1. The average molecular weight is 369 g/mol. The predicted molar refractivity (Wildman–Crippen MR) is 104 cm³/mol. The summed E-state index contributed by atoms with van der Waals surface area (Å²) in [5.74, 6) is -0.286. The van der Waals surface area contributed by atoms with E-state index < -0.39 is 0 Å². The highest BCUT2D eigenvalue weighted by atomic mass is 19.1. The summed E-state index contributed by atoms with van der Waals surface area (Å²) in [5, 5.41) is 3.75. The van der Waals surface area contributed by atoms with Crippen molar-refractivity contribution in [3.63, 3.8) is 0 Å². The van der Waals surface area contributed by atoms with Crippen LogP contribution in [-0.2, 0) is 16.0 Å². The summed E-state index contributed by atoms with van der Waals surface area (Å²) in [5.41, 5.74) is 3.54. The van der Waals surface area contributed by atoms with Crippen molar-refractivity contribution in [2.24, 2.45) is 0 Å². The zero-order valence-electron chi connectivity index (χ0n) is 15.6. The van der Waals surface area contributed by atoms with Gasteiger partial charge in [0.25, 0.3) is 0 Å². The quantitative estimate of drug-likeness (QED) is 0.634. The average Bonchev–Trinajstić information content (AvgIpc) is 3.00. The maximum Gasteiger partial charge on any atom is 0.220 e. The number of carbonyl (C=O) groups is 1. The zero-order valence-corrected chi connectivity index (χ0v) is 15.6. The van der Waals surface area contributed by atoms with Crippen LogP contribution in [0.1, 0.15) is 25.3 Å². The van der Waals surface area contributed by atoms with Gasteiger partial charge in [0.05, 0.1) is 18.0 Å². The van der Waals surface area contributed by atoms with Crippen LogP contribution in [0.3, 0.4) is 0 Å². The van der Waals surface area contributed by atoms with Crippen LogP contribution in [-0.4, -0.2) is 35.6 Å². The molecule has 27 heavy (non-hydrogen) atoms. The third-order valence-electron chi connectivity index (χ3n) is 4.44. The largest absolute Gasteiger partial charge is 0.383 e. The highest BCUT2D eigenvalue weighted by Crippen LogP contribution is 2.31. The van der Waals surface area contributed by atoms with E-state index >= 15 is 0 Å². The molecule has 0 radical (unpaired) electrons. The van der Waals surface area contributed by atoms with E-state index in [9.17, 15) is 9.18 Å². The van der Waals surface area contributed by atoms with Gasteiger partial charge in [-0.1, -0.05) is 6.07 Å². The second kappa shape index (κ2) is 8.77. The Morgan fingerprint density at radius 1 is 1.33 bits per heavy atom. The van der Waals surface area contributed by atoms with Crippen molar-refractivity contribution in [3.05, 3.63) is 54.0 Å². The Bertz CT molecular complexity index is 908. The molecule has 0 saturated carbocycles. The van der Waals surface area contributed by atoms with Crippen molar-refractivity contribution in [2.75, 3.05) is 13.7 Å². The Morgan fingerprint density at radius 2 is 2.19 bits per heavy atom. The van der Waals surface area contributed by atoms with Crippen molar-refractivity contribution < 1.29 is 13.9 Å². The number of ether oxygens (including phenoxy) is 1. The molecule has 142 valence electrons. The van der Waals surface area contributed by atoms with Gasteiger partial charge in [-0.2, -0.15) is 0 Å². The second-order valence-electron chi connectivity index (χ2n) is 6.66. The minimum atomic E-state index is -0.276. The molecule has 0 spiro atoms. The molecule has 1 atom stereocenters. The van der Waals surface area contributed by atoms with Gasteiger partial charge in [-0.3, -0.25) is 9.78 Å². The molecule has 6 heteroatoms. The van der Waals surface area contributed by atoms with E-state index in [1.54, 1.807) is 19.4 Å². The molecule has 2 N–H and O–H groups in total. The minimum absolute atomic E-state index is 0.00930. The molecule has 0 aliphatic heterocycles. The predicted octanol–water partition coefficient (Wildman–Crippen LogP) is 3.84. The molecule has 0 aliphatic rings. The molecule has 0 aliphatic carbocycles. The van der Waals surface area contributed by atoms with Gasteiger partial charge in [-0.25, -0.2) is 4.39 Å². The van der Waals surface area contributed by atoms with E-state index in [4.69, 9.17) is 4.74 Å². The number of halogens is 1. The summed E-state index contributed by atoms with van der Waals surface area (Å²) in [6.07, 6.45) is 3.45. The van der Waals surface area contributed by atoms with E-state index in [-0.39, 0.29) is 17.8 Å². The van der Waals surface area contributed by atoms with E-state index in [0.29, 0.717) is 25.9 Å². The summed E-state index contributed by atoms with van der Waals surface area (Å²) < 4.78 is 18.8. The van der Waals surface area contributed by atoms with Crippen LogP contribution < -0.4 is 5.32 Å². The van der Waals surface area contributed by atoms with Crippen molar-refractivity contribution in [1.82, 2.24) is 15.3 Å². The number of aromatic nitrogens is 2. The van der Waals surface area contributed by atoms with Crippen molar-refractivity contribution in [3.8, 4) is 11.4 Å². The molecule has 1 amide bonds. The first-order chi connectivity index (χ1) is 13.1. The van der Waals surface area contributed by atoms with Gasteiger partial charge < -0.3 is 15.0 Å². The van der Waals surface area contributed by atoms with Gasteiger partial charge in [-0.15, -0.1) is 0 Å². The number of rotatable bonds is 8. The summed E-state index contributed by atoms with van der Waals surface area (Å²) in [6.45, 7) is 2.39. The number of H-pyrrole nitrogens is 1. The maximum atomic E-state index is 13.8. The minimum Gasteiger partial charge on any atom is -0.383 e. The standard InChI is InChI=1S/C21H24FN3O2/c1-14(13-27-2)24-20(26)8-5-6-16-17-12-15(22)9-10-18(17)25-21(16)19-7-3-4-11-23-19/h3-4,7,9-12,14,25H,5-6,8,13H2,1-2H3,(H,24,26). The van der Waals surface area contributed by atoms with Crippen LogP contribution >= 0.6 is 0 Å². The number of carbonyl (C=O) groups excluding carboxylic acids is 1. The third kappa shape index (κ3) is 4.71. The first-order valence-electron chi connectivity index (χ1n) is 9.08. The van der Waals surface area contributed by atoms with E-state index in [0.717, 1.165) is 27.9 Å². The SMILES string of the molecule is COCC(C)NC(=O)CCCc1c(-c2ccccn2)[nH]c2ccc(F)cc12. The number of hydrogen-bond acceptors (Lipinski definition) is 3. The summed E-state index contributed by atoms with van der Waals surface area (Å²) in [7, 11) is 1.61. The summed E-state index contributed by atoms with van der Waals surface area (Å²) >= 11 is 0. The fourth-order valence-corrected chi connectivity index (χ4v) is 3.27. The Hall–Kier alpha value is -2.73. The zero-order chi connectivity index (χ0) is 19.2. The number of amides is 1. The molecular weight excluding hydrogens is 345 g/mol. The number of aromatic amines is 1. The lowest BCUT2D eigenvalue weighted by Gasteiger charge is -2.12. The molecular formula is C21H24FN3O2. The van der Waals surface area contributed by atoms with Crippen LogP contribution in [0.2, 0.25) is 0 Å². The molecule has 5 nitrogen and oxygen atoms in total. The van der Waals surface area contributed by atoms with Gasteiger partial charge in [-0.05, 0) is 55.7 Å². The Labute approximate surface area is 158 Å². The lowest BCUT2D eigenvalue weighted by atomic mass is 10.0. The monoisotopic (exact) mass is 369 g/mol. The third-order valence-corrected chi connectivity index (χ3v) is 4.44. The molecule has 3 aromatic rings. The summed E-state index contributed by atoms with van der Waals surface area (Å²) in [4.78, 5) is 19.8. The number of methoxy groups -OCH3 is 1. The fourth-order valence-electron chi connectivity index (χ4n) is 3.27. The Morgan fingerprint density at radius 3 is 2.93 bits per heavy atom. The van der Waals surface area contributed by atoms with E-state index in [1.807, 2.05) is 25.1 Å². The lowest BCUT2D eigenvalue weighted by molar-refractivity contribution is -0.122. The molecule has 2 heterocycles. The van der Waals surface area contributed by atoms with Crippen LogP contribution in [0.15, 0.2) is 42.6 Å². The number of nitrogens with one attached hydrogen (secondary N) is 2. The Balaban J connectivity index is 1.78. The van der Waals surface area contributed by atoms with Gasteiger partial charge in [0, 0.05) is 36.7 Å². The molecule has 0 fully saturated rings. The molecule has 1 unspecified atom stereocenters. The molecule has 2 aromatic heterocycles. The van der Waals surface area contributed by atoms with E-state index in [1.165, 1.54) is 12.1 Å². The van der Waals surface area contributed by atoms with Gasteiger partial charge in [0.1, 0.15) is 5.82 Å². The summed E-state index contributed by atoms with van der Waals surface area (Å²) in [6, 6.07) is 10.4. The van der Waals surface area contributed by atoms with E-state index in [2.05, 4.69) is 15.3 Å². The number of benzene rings is 1. The van der Waals surface area contributed by atoms with Gasteiger partial charge in [0.2, 0.25) is 5.91 Å². The van der Waals surface area contributed by atoms with Gasteiger partial charge >= 0.3 is 0 Å². The van der Waals surface area contributed by atoms with Gasteiger partial charge in [0.15, 0.2) is 0 Å². The van der Waals surface area contributed by atoms with Crippen LogP contribution in [0.5, 0.6) is 0 Å².